The van der Waals surface area contributed by atoms with Crippen LogP contribution in [0.4, 0.5) is 0 Å². The Morgan fingerprint density at radius 1 is 1.06 bits per heavy atom. The highest BCUT2D eigenvalue weighted by Gasteiger charge is 2.24. The van der Waals surface area contributed by atoms with Crippen molar-refractivity contribution >= 4 is 40.5 Å². The molecular formula is C25H20INO4. The van der Waals surface area contributed by atoms with Crippen molar-refractivity contribution in [3.63, 3.8) is 0 Å². The highest BCUT2D eigenvalue weighted by atomic mass is 127. The van der Waals surface area contributed by atoms with Gasteiger partial charge in [-0.2, -0.15) is 0 Å². The topological polar surface area (TPSA) is 57.1 Å². The van der Waals surface area contributed by atoms with Crippen LogP contribution in [0.2, 0.25) is 0 Å². The summed E-state index contributed by atoms with van der Waals surface area (Å²) in [7, 11) is 1.59. The van der Waals surface area contributed by atoms with E-state index in [1.807, 2.05) is 54.6 Å². The van der Waals surface area contributed by atoms with Gasteiger partial charge in [-0.3, -0.25) is 0 Å². The summed E-state index contributed by atoms with van der Waals surface area (Å²) in [5, 5.41) is 0. The lowest BCUT2D eigenvalue weighted by Crippen LogP contribution is -2.05. The minimum Gasteiger partial charge on any atom is -0.493 e. The summed E-state index contributed by atoms with van der Waals surface area (Å²) in [4.78, 5) is 16.7. The first-order chi connectivity index (χ1) is 15.0. The molecule has 156 valence electrons. The number of nitrogens with zero attached hydrogens (tertiary/aromatic N) is 1. The first kappa shape index (κ1) is 21.1. The molecule has 0 spiro atoms. The second kappa shape index (κ2) is 9.34. The zero-order valence-electron chi connectivity index (χ0n) is 17.1. The number of ether oxygens (including phenoxy) is 3. The Morgan fingerprint density at radius 2 is 1.87 bits per heavy atom. The number of aliphatic imine (C=N–C) groups is 1. The van der Waals surface area contributed by atoms with Crippen LogP contribution in [0.1, 0.15) is 22.3 Å². The van der Waals surface area contributed by atoms with E-state index in [0.29, 0.717) is 24.0 Å². The number of rotatable bonds is 6. The molecular weight excluding hydrogens is 505 g/mol. The fraction of sp³-hybridized carbons (Fsp3) is 0.120. The average molecular weight is 525 g/mol. The highest BCUT2D eigenvalue weighted by Crippen LogP contribution is 2.35. The number of esters is 1. The molecule has 0 aliphatic carbocycles. The molecule has 0 amide bonds. The lowest BCUT2D eigenvalue weighted by Gasteiger charge is -2.14. The van der Waals surface area contributed by atoms with Crippen molar-refractivity contribution in [2.24, 2.45) is 4.99 Å². The van der Waals surface area contributed by atoms with Gasteiger partial charge in [0.05, 0.1) is 10.7 Å². The van der Waals surface area contributed by atoms with E-state index in [2.05, 4.69) is 46.6 Å². The van der Waals surface area contributed by atoms with E-state index in [0.717, 1.165) is 20.3 Å². The SMILES string of the molecule is COc1cc(/C=C2\N=C(c3ccccc3)OC2=O)cc(I)c1OCc1cccc(C)c1. The van der Waals surface area contributed by atoms with Crippen molar-refractivity contribution in [1.82, 2.24) is 0 Å². The molecule has 31 heavy (non-hydrogen) atoms. The van der Waals surface area contributed by atoms with Crippen molar-refractivity contribution in [2.45, 2.75) is 13.5 Å². The summed E-state index contributed by atoms with van der Waals surface area (Å²) >= 11 is 2.20. The molecule has 5 nitrogen and oxygen atoms in total. The molecule has 0 atom stereocenters. The zero-order valence-corrected chi connectivity index (χ0v) is 19.3. The van der Waals surface area contributed by atoms with Crippen LogP contribution in [0.3, 0.4) is 0 Å². The molecule has 6 heteroatoms. The summed E-state index contributed by atoms with van der Waals surface area (Å²) in [5.41, 5.74) is 4.04. The van der Waals surface area contributed by atoms with Gasteiger partial charge in [0, 0.05) is 5.56 Å². The van der Waals surface area contributed by atoms with Crippen molar-refractivity contribution in [3.05, 3.63) is 98.3 Å². The second-order valence-electron chi connectivity index (χ2n) is 7.01. The maximum Gasteiger partial charge on any atom is 0.363 e. The number of methoxy groups -OCH3 is 1. The van der Waals surface area contributed by atoms with Gasteiger partial charge in [0.1, 0.15) is 6.61 Å². The highest BCUT2D eigenvalue weighted by molar-refractivity contribution is 14.1. The summed E-state index contributed by atoms with van der Waals surface area (Å²) in [6.45, 7) is 2.49. The number of hydrogen-bond donors (Lipinski definition) is 0. The van der Waals surface area contributed by atoms with Gasteiger partial charge in [0.15, 0.2) is 17.2 Å². The van der Waals surface area contributed by atoms with Crippen molar-refractivity contribution < 1.29 is 19.0 Å². The Hall–Kier alpha value is -3.13. The monoisotopic (exact) mass is 525 g/mol. The van der Waals surface area contributed by atoms with Gasteiger partial charge in [-0.15, -0.1) is 0 Å². The number of carbonyl (C=O) groups excluding carboxylic acids is 1. The maximum atomic E-state index is 12.3. The Kier molecular flexibility index (Phi) is 6.36. The van der Waals surface area contributed by atoms with Gasteiger partial charge < -0.3 is 14.2 Å². The van der Waals surface area contributed by atoms with E-state index in [1.54, 1.807) is 13.2 Å². The average Bonchev–Trinajstić information content (AvgIpc) is 3.13. The Bertz CT molecular complexity index is 1190. The standard InChI is InChI=1S/C25H20INO4/c1-16-7-6-8-17(11-16)15-30-23-20(26)12-18(14-22(23)29-2)13-21-25(28)31-24(27-21)19-9-4-3-5-10-19/h3-14H,15H2,1-2H3/b21-13-. The van der Waals surface area contributed by atoms with E-state index in [-0.39, 0.29) is 5.70 Å². The molecule has 0 saturated heterocycles. The molecule has 0 aromatic heterocycles. The van der Waals surface area contributed by atoms with Gasteiger partial charge in [-0.25, -0.2) is 9.79 Å². The molecule has 0 bridgehead atoms. The van der Waals surface area contributed by atoms with Crippen LogP contribution in [0.15, 0.2) is 77.4 Å². The zero-order chi connectivity index (χ0) is 21.8. The number of aryl methyl sites for hydroxylation is 1. The number of benzene rings is 3. The van der Waals surface area contributed by atoms with Crippen LogP contribution in [-0.4, -0.2) is 19.0 Å². The van der Waals surface area contributed by atoms with Crippen molar-refractivity contribution in [2.75, 3.05) is 7.11 Å². The molecule has 3 aromatic carbocycles. The molecule has 0 saturated carbocycles. The smallest absolute Gasteiger partial charge is 0.363 e. The van der Waals surface area contributed by atoms with E-state index in [1.165, 1.54) is 5.56 Å². The fourth-order valence-corrected chi connectivity index (χ4v) is 3.97. The third kappa shape index (κ3) is 4.96. The minimum absolute atomic E-state index is 0.241. The largest absolute Gasteiger partial charge is 0.493 e. The lowest BCUT2D eigenvalue weighted by molar-refractivity contribution is -0.129. The summed E-state index contributed by atoms with van der Waals surface area (Å²) < 4.78 is 17.8. The van der Waals surface area contributed by atoms with Gasteiger partial charge >= 0.3 is 5.97 Å². The molecule has 0 unspecified atom stereocenters. The van der Waals surface area contributed by atoms with E-state index >= 15 is 0 Å². The second-order valence-corrected chi connectivity index (χ2v) is 8.18. The minimum atomic E-state index is -0.479. The van der Waals surface area contributed by atoms with Crippen LogP contribution >= 0.6 is 22.6 Å². The van der Waals surface area contributed by atoms with Crippen LogP contribution in [0, 0.1) is 10.5 Å². The molecule has 3 aromatic rings. The predicted octanol–water partition coefficient (Wildman–Crippen LogP) is 5.53. The Labute approximate surface area is 194 Å². The fourth-order valence-electron chi connectivity index (χ4n) is 3.19. The first-order valence-electron chi connectivity index (χ1n) is 9.67. The summed E-state index contributed by atoms with van der Waals surface area (Å²) in [5.74, 6) is 1.07. The van der Waals surface area contributed by atoms with Crippen LogP contribution in [0.5, 0.6) is 11.5 Å². The lowest BCUT2D eigenvalue weighted by atomic mass is 10.1. The van der Waals surface area contributed by atoms with Crippen molar-refractivity contribution in [1.29, 1.82) is 0 Å². The van der Waals surface area contributed by atoms with Crippen LogP contribution in [0.25, 0.3) is 6.08 Å². The summed E-state index contributed by atoms with van der Waals surface area (Å²) in [6, 6.07) is 21.3. The Balaban J connectivity index is 1.59. The van der Waals surface area contributed by atoms with E-state index < -0.39 is 5.97 Å². The van der Waals surface area contributed by atoms with Gasteiger partial charge in [-0.1, -0.05) is 48.0 Å². The molecule has 0 fully saturated rings. The van der Waals surface area contributed by atoms with Gasteiger partial charge in [-0.05, 0) is 71.0 Å². The number of hydrogen-bond acceptors (Lipinski definition) is 5. The predicted molar refractivity (Wildman–Crippen MR) is 128 cm³/mol. The Morgan fingerprint density at radius 3 is 2.61 bits per heavy atom. The van der Waals surface area contributed by atoms with Gasteiger partial charge in [0.2, 0.25) is 5.90 Å². The third-order valence-corrected chi connectivity index (χ3v) is 5.46. The molecule has 1 aliphatic heterocycles. The maximum absolute atomic E-state index is 12.3. The number of cyclic esters (lactones) is 1. The molecule has 1 heterocycles. The van der Waals surface area contributed by atoms with E-state index in [4.69, 9.17) is 14.2 Å². The van der Waals surface area contributed by atoms with Crippen LogP contribution < -0.4 is 9.47 Å². The third-order valence-electron chi connectivity index (χ3n) is 4.66. The molecule has 0 N–H and O–H groups in total. The quantitative estimate of drug-likeness (QED) is 0.241. The number of carbonyl (C=O) groups is 1. The molecule has 0 radical (unpaired) electrons. The molecule has 4 rings (SSSR count). The first-order valence-corrected chi connectivity index (χ1v) is 10.8. The van der Waals surface area contributed by atoms with E-state index in [9.17, 15) is 4.79 Å². The normalized spacial score (nSPS) is 14.4. The summed E-state index contributed by atoms with van der Waals surface area (Å²) in [6.07, 6.45) is 1.69. The number of halogens is 1. The van der Waals surface area contributed by atoms with Crippen molar-refractivity contribution in [3.8, 4) is 11.5 Å². The van der Waals surface area contributed by atoms with Crippen LogP contribution in [-0.2, 0) is 16.1 Å². The molecule has 1 aliphatic rings. The van der Waals surface area contributed by atoms with Gasteiger partial charge in [0.25, 0.3) is 0 Å².